The molecule has 1 saturated carbocycles. The number of carbonyl (C=O) groups excluding carboxylic acids is 1. The molecule has 6 heteroatoms. The number of rotatable bonds is 3. The maximum Gasteiger partial charge on any atom is 0.228 e. The summed E-state index contributed by atoms with van der Waals surface area (Å²) in [6, 6.07) is 7.50. The van der Waals surface area contributed by atoms with E-state index in [-0.39, 0.29) is 11.8 Å². The SMILES string of the molecule is O=C(Nc1cccc(-c2c[nH]c3ncc(Cl)cc23)n1)C1CCCCC1. The third-order valence-electron chi connectivity index (χ3n) is 4.75. The van der Waals surface area contributed by atoms with Crippen LogP contribution in [-0.4, -0.2) is 20.9 Å². The smallest absolute Gasteiger partial charge is 0.228 e. The highest BCUT2D eigenvalue weighted by Gasteiger charge is 2.21. The van der Waals surface area contributed by atoms with Crippen LogP contribution in [0.15, 0.2) is 36.7 Å². The zero-order chi connectivity index (χ0) is 17.2. The minimum atomic E-state index is 0.0768. The lowest BCUT2D eigenvalue weighted by Crippen LogP contribution is -2.25. The molecule has 0 unspecified atom stereocenters. The molecule has 3 heterocycles. The summed E-state index contributed by atoms with van der Waals surface area (Å²) in [7, 11) is 0. The highest BCUT2D eigenvalue weighted by atomic mass is 35.5. The first-order chi connectivity index (χ1) is 12.2. The minimum absolute atomic E-state index is 0.0768. The molecule has 1 aliphatic rings. The van der Waals surface area contributed by atoms with Gasteiger partial charge in [0.25, 0.3) is 0 Å². The lowest BCUT2D eigenvalue weighted by molar-refractivity contribution is -0.120. The Morgan fingerprint density at radius 2 is 2.08 bits per heavy atom. The van der Waals surface area contributed by atoms with Gasteiger partial charge in [-0.15, -0.1) is 0 Å². The van der Waals surface area contributed by atoms with Crippen molar-refractivity contribution >= 4 is 34.4 Å². The molecule has 2 N–H and O–H groups in total. The quantitative estimate of drug-likeness (QED) is 0.709. The molecule has 5 nitrogen and oxygen atoms in total. The number of carbonyl (C=O) groups is 1. The Kier molecular flexibility index (Phi) is 4.40. The van der Waals surface area contributed by atoms with E-state index in [9.17, 15) is 4.79 Å². The first-order valence-corrected chi connectivity index (χ1v) is 8.99. The maximum absolute atomic E-state index is 12.4. The molecule has 4 rings (SSSR count). The second-order valence-corrected chi connectivity index (χ2v) is 6.92. The largest absolute Gasteiger partial charge is 0.345 e. The van der Waals surface area contributed by atoms with Crippen LogP contribution in [0.3, 0.4) is 0 Å². The molecular weight excluding hydrogens is 336 g/mol. The molecule has 0 aliphatic heterocycles. The number of hydrogen-bond acceptors (Lipinski definition) is 3. The number of anilines is 1. The Morgan fingerprint density at radius 1 is 1.24 bits per heavy atom. The predicted octanol–water partition coefficient (Wildman–Crippen LogP) is 4.80. The van der Waals surface area contributed by atoms with Crippen molar-refractivity contribution in [2.24, 2.45) is 5.92 Å². The van der Waals surface area contributed by atoms with Gasteiger partial charge in [0, 0.05) is 29.3 Å². The summed E-state index contributed by atoms with van der Waals surface area (Å²) in [6.45, 7) is 0. The van der Waals surface area contributed by atoms with Gasteiger partial charge in [-0.1, -0.05) is 36.9 Å². The van der Waals surface area contributed by atoms with E-state index in [4.69, 9.17) is 11.6 Å². The Hall–Kier alpha value is -2.40. The lowest BCUT2D eigenvalue weighted by atomic mass is 9.89. The van der Waals surface area contributed by atoms with Gasteiger partial charge in [0.15, 0.2) is 0 Å². The van der Waals surface area contributed by atoms with Gasteiger partial charge < -0.3 is 10.3 Å². The van der Waals surface area contributed by atoms with Crippen molar-refractivity contribution in [3.63, 3.8) is 0 Å². The van der Waals surface area contributed by atoms with Gasteiger partial charge in [-0.05, 0) is 31.0 Å². The summed E-state index contributed by atoms with van der Waals surface area (Å²) >= 11 is 6.07. The van der Waals surface area contributed by atoms with Gasteiger partial charge in [-0.25, -0.2) is 9.97 Å². The zero-order valence-electron chi connectivity index (χ0n) is 13.8. The number of aromatic amines is 1. The first kappa shape index (κ1) is 16.1. The Labute approximate surface area is 150 Å². The van der Waals surface area contributed by atoms with Crippen LogP contribution in [0.5, 0.6) is 0 Å². The average Bonchev–Trinajstić information content (AvgIpc) is 3.05. The fourth-order valence-electron chi connectivity index (χ4n) is 3.44. The van der Waals surface area contributed by atoms with Crippen molar-refractivity contribution in [3.05, 3.63) is 41.7 Å². The lowest BCUT2D eigenvalue weighted by Gasteiger charge is -2.20. The van der Waals surface area contributed by atoms with Crippen LogP contribution >= 0.6 is 11.6 Å². The maximum atomic E-state index is 12.4. The number of aromatic nitrogens is 3. The van der Waals surface area contributed by atoms with Gasteiger partial charge >= 0.3 is 0 Å². The van der Waals surface area contributed by atoms with Gasteiger partial charge in [0.1, 0.15) is 11.5 Å². The summed E-state index contributed by atoms with van der Waals surface area (Å²) in [5, 5.41) is 4.46. The monoisotopic (exact) mass is 354 g/mol. The summed E-state index contributed by atoms with van der Waals surface area (Å²) in [6.07, 6.45) is 8.91. The van der Waals surface area contributed by atoms with Crippen LogP contribution in [0.25, 0.3) is 22.3 Å². The standard InChI is InChI=1S/C19H19ClN4O/c20-13-9-14-15(11-22-18(14)21-10-13)16-7-4-8-17(23-16)24-19(25)12-5-2-1-3-6-12/h4,7-12H,1-3,5-6H2,(H,21,22)(H,23,24,25). The molecule has 25 heavy (non-hydrogen) atoms. The number of nitrogens with one attached hydrogen (secondary N) is 2. The number of fused-ring (bicyclic) bond motifs is 1. The van der Waals surface area contributed by atoms with Crippen molar-refractivity contribution in [2.75, 3.05) is 5.32 Å². The normalized spacial score (nSPS) is 15.4. The van der Waals surface area contributed by atoms with E-state index in [1.807, 2.05) is 30.5 Å². The number of pyridine rings is 2. The van der Waals surface area contributed by atoms with Gasteiger partial charge in [-0.3, -0.25) is 4.79 Å². The molecule has 0 bridgehead atoms. The highest BCUT2D eigenvalue weighted by molar-refractivity contribution is 6.31. The van der Waals surface area contributed by atoms with E-state index in [1.165, 1.54) is 6.42 Å². The second-order valence-electron chi connectivity index (χ2n) is 6.48. The Balaban J connectivity index is 1.60. The minimum Gasteiger partial charge on any atom is -0.345 e. The van der Waals surface area contributed by atoms with Crippen molar-refractivity contribution in [3.8, 4) is 11.3 Å². The van der Waals surface area contributed by atoms with Gasteiger partial charge in [-0.2, -0.15) is 0 Å². The van der Waals surface area contributed by atoms with Crippen molar-refractivity contribution < 1.29 is 4.79 Å². The van der Waals surface area contributed by atoms with Crippen LogP contribution in [0.2, 0.25) is 5.02 Å². The van der Waals surface area contributed by atoms with E-state index >= 15 is 0 Å². The molecule has 1 amide bonds. The summed E-state index contributed by atoms with van der Waals surface area (Å²) in [5.74, 6) is 0.765. The molecule has 0 atom stereocenters. The summed E-state index contributed by atoms with van der Waals surface area (Å²) < 4.78 is 0. The molecule has 3 aromatic heterocycles. The third kappa shape index (κ3) is 3.37. The first-order valence-electron chi connectivity index (χ1n) is 8.61. The van der Waals surface area contributed by atoms with E-state index in [0.717, 1.165) is 48.0 Å². The predicted molar refractivity (Wildman–Crippen MR) is 99.5 cm³/mol. The number of halogens is 1. The number of nitrogens with zero attached hydrogens (tertiary/aromatic N) is 2. The number of hydrogen-bond donors (Lipinski definition) is 2. The fourth-order valence-corrected chi connectivity index (χ4v) is 3.60. The highest BCUT2D eigenvalue weighted by Crippen LogP contribution is 2.29. The van der Waals surface area contributed by atoms with Crippen LogP contribution in [0, 0.1) is 5.92 Å². The average molecular weight is 355 g/mol. The van der Waals surface area contributed by atoms with E-state index in [0.29, 0.717) is 10.8 Å². The Morgan fingerprint density at radius 3 is 2.92 bits per heavy atom. The van der Waals surface area contributed by atoms with Crippen LogP contribution in [0.1, 0.15) is 32.1 Å². The van der Waals surface area contributed by atoms with E-state index in [2.05, 4.69) is 20.3 Å². The molecule has 128 valence electrons. The molecule has 1 fully saturated rings. The number of amides is 1. The van der Waals surface area contributed by atoms with Gasteiger partial charge in [0.2, 0.25) is 5.91 Å². The molecular formula is C19H19ClN4O. The van der Waals surface area contributed by atoms with Crippen molar-refractivity contribution in [1.29, 1.82) is 0 Å². The van der Waals surface area contributed by atoms with E-state index in [1.54, 1.807) is 6.20 Å². The van der Waals surface area contributed by atoms with Crippen LogP contribution in [-0.2, 0) is 4.79 Å². The third-order valence-corrected chi connectivity index (χ3v) is 4.96. The van der Waals surface area contributed by atoms with Crippen LogP contribution in [0.4, 0.5) is 5.82 Å². The topological polar surface area (TPSA) is 70.7 Å². The molecule has 3 aromatic rings. The van der Waals surface area contributed by atoms with Crippen molar-refractivity contribution in [1.82, 2.24) is 15.0 Å². The molecule has 0 saturated heterocycles. The Bertz CT molecular complexity index is 915. The summed E-state index contributed by atoms with van der Waals surface area (Å²) in [4.78, 5) is 24.4. The summed E-state index contributed by atoms with van der Waals surface area (Å²) in [5.41, 5.74) is 2.45. The molecule has 0 aromatic carbocycles. The zero-order valence-corrected chi connectivity index (χ0v) is 14.5. The van der Waals surface area contributed by atoms with E-state index < -0.39 is 0 Å². The molecule has 0 spiro atoms. The van der Waals surface area contributed by atoms with Crippen molar-refractivity contribution in [2.45, 2.75) is 32.1 Å². The van der Waals surface area contributed by atoms with Gasteiger partial charge in [0.05, 0.1) is 10.7 Å². The molecule has 0 radical (unpaired) electrons. The second kappa shape index (κ2) is 6.84. The van der Waals surface area contributed by atoms with Crippen LogP contribution < -0.4 is 5.32 Å². The fraction of sp³-hybridized carbons (Fsp3) is 0.316. The number of H-pyrrole nitrogens is 1. The molecule has 1 aliphatic carbocycles.